The van der Waals surface area contributed by atoms with Gasteiger partial charge >= 0.3 is 5.97 Å². The van der Waals surface area contributed by atoms with Gasteiger partial charge in [-0.2, -0.15) is 0 Å². The van der Waals surface area contributed by atoms with Gasteiger partial charge in [0.15, 0.2) is 0 Å². The minimum absolute atomic E-state index is 0.0613. The molecule has 8 unspecified atom stereocenters. The maximum atomic E-state index is 12.2. The second-order valence-corrected chi connectivity index (χ2v) is 12.5. The highest BCUT2D eigenvalue weighted by molar-refractivity contribution is 5.93. The lowest BCUT2D eigenvalue weighted by atomic mass is 9.57. The van der Waals surface area contributed by atoms with E-state index in [9.17, 15) is 15.0 Å². The molecule has 2 bridgehead atoms. The minimum atomic E-state index is -0.629. The van der Waals surface area contributed by atoms with Crippen LogP contribution in [0, 0.1) is 17.3 Å². The van der Waals surface area contributed by atoms with Gasteiger partial charge in [0.05, 0.1) is 24.4 Å². The number of rotatable bonds is 1. The summed E-state index contributed by atoms with van der Waals surface area (Å²) in [6.45, 7) is 13.3. The molecule has 0 amide bonds. The Balaban J connectivity index is 1.55. The molecule has 1 spiro atoms. The number of hydrogen-bond acceptors (Lipinski definition) is 6. The zero-order valence-corrected chi connectivity index (χ0v) is 23.5. The van der Waals surface area contributed by atoms with Crippen LogP contribution in [0.3, 0.4) is 0 Å². The van der Waals surface area contributed by atoms with Crippen LogP contribution in [0.2, 0.25) is 0 Å². The number of carbonyl (C=O) groups excluding carboxylic acids is 1. The summed E-state index contributed by atoms with van der Waals surface area (Å²) in [6, 6.07) is 0. The molecule has 8 atom stereocenters. The van der Waals surface area contributed by atoms with Gasteiger partial charge in [-0.1, -0.05) is 25.2 Å². The van der Waals surface area contributed by atoms with Gasteiger partial charge in [0, 0.05) is 29.2 Å². The minimum Gasteiger partial charge on any atom is -0.450 e. The van der Waals surface area contributed by atoms with Crippen LogP contribution in [-0.2, 0) is 14.3 Å². The van der Waals surface area contributed by atoms with E-state index in [4.69, 9.17) is 14.5 Å². The second kappa shape index (κ2) is 10.9. The van der Waals surface area contributed by atoms with Gasteiger partial charge in [-0.05, 0) is 107 Å². The highest BCUT2D eigenvalue weighted by atomic mass is 16.5. The third kappa shape index (κ3) is 5.00. The summed E-state index contributed by atoms with van der Waals surface area (Å²) in [7, 11) is 0. The van der Waals surface area contributed by atoms with E-state index in [1.807, 2.05) is 19.9 Å². The van der Waals surface area contributed by atoms with Crippen molar-refractivity contribution >= 4 is 11.7 Å². The molecule has 6 nitrogen and oxygen atoms in total. The normalized spacial score (nSPS) is 40.8. The molecule has 0 saturated carbocycles. The molecule has 0 aromatic rings. The number of nitrogens with zero attached hydrogens (tertiary/aromatic N) is 1. The Hall–Kier alpha value is -2.02. The predicted octanol–water partition coefficient (Wildman–Crippen LogP) is 5.40. The van der Waals surface area contributed by atoms with Gasteiger partial charge in [-0.25, -0.2) is 4.79 Å². The van der Waals surface area contributed by atoms with Gasteiger partial charge in [-0.15, -0.1) is 0 Å². The number of cyclic esters (lactones) is 1. The first-order valence-electron chi connectivity index (χ1n) is 14.6. The summed E-state index contributed by atoms with van der Waals surface area (Å²) >= 11 is 0. The number of carbonyl (C=O) groups is 1. The zero-order chi connectivity index (χ0) is 27.2. The van der Waals surface area contributed by atoms with Crippen molar-refractivity contribution in [2.45, 2.75) is 116 Å². The fraction of sp³-hybridized carbons (Fsp3) is 0.688. The highest BCUT2D eigenvalue weighted by Crippen LogP contribution is 2.53. The van der Waals surface area contributed by atoms with Crippen molar-refractivity contribution in [1.82, 2.24) is 0 Å². The summed E-state index contributed by atoms with van der Waals surface area (Å²) in [5.74, 6) is 0.129. The lowest BCUT2D eigenvalue weighted by Gasteiger charge is -2.48. The Labute approximate surface area is 227 Å². The van der Waals surface area contributed by atoms with Crippen LogP contribution in [0.1, 0.15) is 85.5 Å². The van der Waals surface area contributed by atoms with E-state index in [-0.39, 0.29) is 35.6 Å². The molecular weight excluding hydrogens is 478 g/mol. The molecule has 4 heterocycles. The molecule has 1 fully saturated rings. The lowest BCUT2D eigenvalue weighted by Crippen LogP contribution is -2.45. The Morgan fingerprint density at radius 2 is 1.84 bits per heavy atom. The number of aliphatic hydroxyl groups is 2. The largest absolute Gasteiger partial charge is 0.450 e. The van der Waals surface area contributed by atoms with Gasteiger partial charge in [0.1, 0.15) is 6.10 Å². The first-order chi connectivity index (χ1) is 18.1. The highest BCUT2D eigenvalue weighted by Gasteiger charge is 2.48. The average molecular weight is 524 g/mol. The quantitative estimate of drug-likeness (QED) is 0.355. The molecule has 5 aliphatic rings. The van der Waals surface area contributed by atoms with Crippen LogP contribution in [0.5, 0.6) is 0 Å². The van der Waals surface area contributed by atoms with E-state index < -0.39 is 12.2 Å². The maximum Gasteiger partial charge on any atom is 0.334 e. The first kappa shape index (κ1) is 27.5. The third-order valence-electron chi connectivity index (χ3n) is 10.0. The predicted molar refractivity (Wildman–Crippen MR) is 149 cm³/mol. The molecule has 5 rings (SSSR count). The van der Waals surface area contributed by atoms with E-state index in [0.29, 0.717) is 24.3 Å². The van der Waals surface area contributed by atoms with E-state index in [1.165, 1.54) is 16.9 Å². The fourth-order valence-electron chi connectivity index (χ4n) is 7.70. The first-order valence-corrected chi connectivity index (χ1v) is 14.6. The van der Waals surface area contributed by atoms with Crippen molar-refractivity contribution in [1.29, 1.82) is 0 Å². The zero-order valence-electron chi connectivity index (χ0n) is 23.5. The number of aliphatic imine (C=N–C) groups is 1. The molecule has 1 saturated heterocycles. The standard InChI is InChI=1S/C32H45NO5/c1-18-16-25-21(4)24(28-17-20(3)31(36)38-28)11-13-32(25)12-6-14-33-29(32)10-9-27(35)22(5)30-19(2)15-23(37-30)7-8-26(18)34/h16-17,19,23,25-28,30,34-35H,5-15H2,1-4H3. The van der Waals surface area contributed by atoms with Crippen molar-refractivity contribution in [3.05, 3.63) is 46.6 Å². The molecule has 4 aliphatic heterocycles. The van der Waals surface area contributed by atoms with E-state index in [2.05, 4.69) is 26.5 Å². The van der Waals surface area contributed by atoms with Crippen LogP contribution >= 0.6 is 0 Å². The van der Waals surface area contributed by atoms with Crippen molar-refractivity contribution in [2.75, 3.05) is 6.54 Å². The van der Waals surface area contributed by atoms with Gasteiger partial charge in [0.2, 0.25) is 0 Å². The molecule has 2 N–H and O–H groups in total. The van der Waals surface area contributed by atoms with Crippen molar-refractivity contribution in [2.24, 2.45) is 22.2 Å². The van der Waals surface area contributed by atoms with Gasteiger partial charge in [-0.3, -0.25) is 4.99 Å². The van der Waals surface area contributed by atoms with Crippen LogP contribution in [-0.4, -0.2) is 59.0 Å². The topological polar surface area (TPSA) is 88.4 Å². The number of ether oxygens (including phenoxy) is 2. The Morgan fingerprint density at radius 1 is 1.05 bits per heavy atom. The molecule has 6 heteroatoms. The number of fused-ring (bicyclic) bond motifs is 2. The SMILES string of the molecule is C=C1C(O)CCC2=NCCCC23CCC(C2C=C(C)C(=O)O2)=C(C)C3C=C(C)C(O)CCC2CC(C)C1O2. The molecule has 1 aliphatic carbocycles. The second-order valence-electron chi connectivity index (χ2n) is 12.5. The van der Waals surface area contributed by atoms with Crippen LogP contribution in [0.15, 0.2) is 51.6 Å². The lowest BCUT2D eigenvalue weighted by molar-refractivity contribution is -0.138. The summed E-state index contributed by atoms with van der Waals surface area (Å²) in [4.78, 5) is 17.3. The Bertz CT molecular complexity index is 1100. The van der Waals surface area contributed by atoms with E-state index >= 15 is 0 Å². The van der Waals surface area contributed by atoms with Crippen molar-refractivity contribution < 1.29 is 24.5 Å². The van der Waals surface area contributed by atoms with E-state index in [1.54, 1.807) is 0 Å². The van der Waals surface area contributed by atoms with Crippen molar-refractivity contribution in [3.63, 3.8) is 0 Å². The Morgan fingerprint density at radius 3 is 2.58 bits per heavy atom. The van der Waals surface area contributed by atoms with E-state index in [0.717, 1.165) is 62.6 Å². The summed E-state index contributed by atoms with van der Waals surface area (Å²) in [5.41, 5.74) is 5.86. The number of hydrogen-bond donors (Lipinski definition) is 2. The molecule has 38 heavy (non-hydrogen) atoms. The smallest absolute Gasteiger partial charge is 0.334 e. The summed E-state index contributed by atoms with van der Waals surface area (Å²) in [6.07, 6.45) is 10.2. The third-order valence-corrected chi connectivity index (χ3v) is 10.0. The molecular formula is C32H45NO5. The molecule has 208 valence electrons. The fourth-order valence-corrected chi connectivity index (χ4v) is 7.70. The molecule has 0 aromatic carbocycles. The maximum absolute atomic E-state index is 12.2. The average Bonchev–Trinajstić information content (AvgIpc) is 3.43. The van der Waals surface area contributed by atoms with Crippen molar-refractivity contribution in [3.8, 4) is 0 Å². The van der Waals surface area contributed by atoms with Gasteiger partial charge in [0.25, 0.3) is 0 Å². The summed E-state index contributed by atoms with van der Waals surface area (Å²) in [5, 5.41) is 22.4. The van der Waals surface area contributed by atoms with Crippen LogP contribution < -0.4 is 0 Å². The molecule has 0 aromatic heterocycles. The molecule has 0 radical (unpaired) electrons. The number of aliphatic hydroxyl groups excluding tert-OH is 2. The monoisotopic (exact) mass is 523 g/mol. The number of allylic oxidation sites excluding steroid dienone is 2. The van der Waals surface area contributed by atoms with Crippen LogP contribution in [0.25, 0.3) is 0 Å². The summed E-state index contributed by atoms with van der Waals surface area (Å²) < 4.78 is 12.1. The Kier molecular flexibility index (Phi) is 7.87. The van der Waals surface area contributed by atoms with Crippen LogP contribution in [0.4, 0.5) is 0 Å². The number of esters is 1. The van der Waals surface area contributed by atoms with Gasteiger partial charge < -0.3 is 19.7 Å².